The molecule has 0 spiro atoms. The van der Waals surface area contributed by atoms with Crippen molar-refractivity contribution in [3.63, 3.8) is 0 Å². The molecule has 0 unspecified atom stereocenters. The van der Waals surface area contributed by atoms with Gasteiger partial charge in [0.2, 0.25) is 0 Å². The fraction of sp³-hybridized carbons (Fsp3) is 0.447. The number of ketones is 1. The molecular formula is C38H45NO. The molecule has 2 nitrogen and oxygen atoms in total. The fourth-order valence-corrected chi connectivity index (χ4v) is 7.72. The Morgan fingerprint density at radius 1 is 0.800 bits per heavy atom. The molecule has 2 saturated carbocycles. The first kappa shape index (κ1) is 27.2. The van der Waals surface area contributed by atoms with Crippen LogP contribution in [0.15, 0.2) is 73.3 Å². The van der Waals surface area contributed by atoms with E-state index in [1.807, 2.05) is 0 Å². The van der Waals surface area contributed by atoms with Crippen molar-refractivity contribution in [1.29, 1.82) is 0 Å². The van der Waals surface area contributed by atoms with Gasteiger partial charge >= 0.3 is 0 Å². The smallest absolute Gasteiger partial charge is 0.166 e. The van der Waals surface area contributed by atoms with Crippen LogP contribution in [0.4, 0.5) is 0 Å². The lowest BCUT2D eigenvalue weighted by molar-refractivity contribution is 0.0853. The third-order valence-electron chi connectivity index (χ3n) is 10.1. The Hall–Kier alpha value is -2.97. The second kappa shape index (κ2) is 12.3. The van der Waals surface area contributed by atoms with Crippen molar-refractivity contribution in [2.24, 2.45) is 17.8 Å². The molecule has 40 heavy (non-hydrogen) atoms. The lowest BCUT2D eigenvalue weighted by Crippen LogP contribution is -2.25. The average molecular weight is 532 g/mol. The Morgan fingerprint density at radius 2 is 1.52 bits per heavy atom. The SMILES string of the molecule is C=C(Cc1ccc2c(c1)CN(CC)C2)c1ccc(C(=O)C2CCC(C3CCCC3)CC2)c(Cc2ccccc2)c1. The average Bonchev–Trinajstić information content (AvgIpc) is 3.68. The number of Topliss-reactive ketones (excluding diaryl/α,β-unsaturated/α-hetero) is 1. The molecule has 2 fully saturated rings. The Kier molecular flexibility index (Phi) is 8.35. The zero-order valence-electron chi connectivity index (χ0n) is 24.3. The van der Waals surface area contributed by atoms with Gasteiger partial charge in [0.15, 0.2) is 5.78 Å². The van der Waals surface area contributed by atoms with Gasteiger partial charge in [-0.25, -0.2) is 0 Å². The van der Waals surface area contributed by atoms with E-state index in [2.05, 4.69) is 85.1 Å². The van der Waals surface area contributed by atoms with Crippen LogP contribution in [-0.4, -0.2) is 17.2 Å². The van der Waals surface area contributed by atoms with Crippen LogP contribution in [-0.2, 0) is 25.9 Å². The zero-order valence-corrected chi connectivity index (χ0v) is 24.3. The first-order chi connectivity index (χ1) is 19.6. The van der Waals surface area contributed by atoms with Crippen LogP contribution in [0.1, 0.15) is 102 Å². The van der Waals surface area contributed by atoms with Gasteiger partial charge in [-0.1, -0.05) is 106 Å². The van der Waals surface area contributed by atoms with E-state index in [9.17, 15) is 4.79 Å². The minimum Gasteiger partial charge on any atom is -0.295 e. The molecule has 6 rings (SSSR count). The van der Waals surface area contributed by atoms with Crippen molar-refractivity contribution < 1.29 is 4.79 Å². The molecule has 0 N–H and O–H groups in total. The molecule has 1 heterocycles. The third-order valence-corrected chi connectivity index (χ3v) is 10.1. The predicted octanol–water partition coefficient (Wildman–Crippen LogP) is 9.05. The molecular weight excluding hydrogens is 486 g/mol. The topological polar surface area (TPSA) is 20.3 Å². The molecule has 3 aliphatic rings. The summed E-state index contributed by atoms with van der Waals surface area (Å²) >= 11 is 0. The Labute approximate surface area is 241 Å². The quantitative estimate of drug-likeness (QED) is 0.257. The van der Waals surface area contributed by atoms with E-state index < -0.39 is 0 Å². The molecule has 0 radical (unpaired) electrons. The largest absolute Gasteiger partial charge is 0.295 e. The number of nitrogens with zero attached hydrogens (tertiary/aromatic N) is 1. The Balaban J connectivity index is 1.20. The zero-order chi connectivity index (χ0) is 27.5. The van der Waals surface area contributed by atoms with Gasteiger partial charge in [-0.3, -0.25) is 9.69 Å². The molecule has 2 aliphatic carbocycles. The molecule has 2 heteroatoms. The normalized spacial score (nSPS) is 21.4. The number of fused-ring (bicyclic) bond motifs is 1. The van der Waals surface area contributed by atoms with E-state index in [0.717, 1.165) is 79.4 Å². The number of carbonyl (C=O) groups is 1. The monoisotopic (exact) mass is 531 g/mol. The van der Waals surface area contributed by atoms with E-state index in [1.165, 1.54) is 60.8 Å². The van der Waals surface area contributed by atoms with Gasteiger partial charge in [0.05, 0.1) is 0 Å². The summed E-state index contributed by atoms with van der Waals surface area (Å²) in [5, 5.41) is 0. The lowest BCUT2D eigenvalue weighted by Gasteiger charge is -2.32. The summed E-state index contributed by atoms with van der Waals surface area (Å²) in [6.07, 6.45) is 11.9. The summed E-state index contributed by atoms with van der Waals surface area (Å²) in [7, 11) is 0. The summed E-state index contributed by atoms with van der Waals surface area (Å²) in [6, 6.07) is 24.1. The highest BCUT2D eigenvalue weighted by Crippen LogP contribution is 2.42. The molecule has 3 aromatic rings. The molecule has 0 bridgehead atoms. The van der Waals surface area contributed by atoms with Crippen LogP contribution in [0, 0.1) is 17.8 Å². The molecule has 208 valence electrons. The van der Waals surface area contributed by atoms with E-state index >= 15 is 0 Å². The number of hydrogen-bond acceptors (Lipinski definition) is 2. The maximum Gasteiger partial charge on any atom is 0.166 e. The van der Waals surface area contributed by atoms with Crippen molar-refractivity contribution in [3.8, 4) is 0 Å². The Morgan fingerprint density at radius 3 is 2.27 bits per heavy atom. The highest BCUT2D eigenvalue weighted by atomic mass is 16.1. The number of rotatable bonds is 9. The summed E-state index contributed by atoms with van der Waals surface area (Å²) in [6.45, 7) is 9.94. The van der Waals surface area contributed by atoms with Crippen molar-refractivity contribution in [1.82, 2.24) is 4.90 Å². The molecule has 0 saturated heterocycles. The summed E-state index contributed by atoms with van der Waals surface area (Å²) in [5.41, 5.74) is 9.86. The van der Waals surface area contributed by atoms with Gasteiger partial charge in [-0.05, 0) is 95.9 Å². The highest BCUT2D eigenvalue weighted by molar-refractivity contribution is 5.99. The Bertz CT molecular complexity index is 1340. The van der Waals surface area contributed by atoms with E-state index in [1.54, 1.807) is 0 Å². The second-order valence-corrected chi connectivity index (χ2v) is 12.7. The first-order valence-electron chi connectivity index (χ1n) is 15.8. The molecule has 0 aromatic heterocycles. The van der Waals surface area contributed by atoms with Gasteiger partial charge in [-0.15, -0.1) is 0 Å². The molecule has 0 atom stereocenters. The molecule has 1 aliphatic heterocycles. The minimum absolute atomic E-state index is 0.176. The number of hydrogen-bond donors (Lipinski definition) is 0. The van der Waals surface area contributed by atoms with Crippen molar-refractivity contribution in [2.45, 2.75) is 84.2 Å². The second-order valence-electron chi connectivity index (χ2n) is 12.7. The van der Waals surface area contributed by atoms with E-state index in [4.69, 9.17) is 0 Å². The minimum atomic E-state index is 0.176. The van der Waals surface area contributed by atoms with Crippen molar-refractivity contribution in [3.05, 3.63) is 112 Å². The fourth-order valence-electron chi connectivity index (χ4n) is 7.72. The molecule has 3 aromatic carbocycles. The van der Waals surface area contributed by atoms with Crippen LogP contribution in [0.5, 0.6) is 0 Å². The predicted molar refractivity (Wildman–Crippen MR) is 166 cm³/mol. The highest BCUT2D eigenvalue weighted by Gasteiger charge is 2.33. The summed E-state index contributed by atoms with van der Waals surface area (Å²) in [4.78, 5) is 16.4. The van der Waals surface area contributed by atoms with Gasteiger partial charge < -0.3 is 0 Å². The summed E-state index contributed by atoms with van der Waals surface area (Å²) in [5.74, 6) is 2.32. The van der Waals surface area contributed by atoms with Gasteiger partial charge in [-0.2, -0.15) is 0 Å². The van der Waals surface area contributed by atoms with Gasteiger partial charge in [0.1, 0.15) is 0 Å². The van der Waals surface area contributed by atoms with Crippen molar-refractivity contribution in [2.75, 3.05) is 6.54 Å². The van der Waals surface area contributed by atoms with Gasteiger partial charge in [0, 0.05) is 24.6 Å². The standard InChI is InChI=1S/C38H45NO/c1-3-39-25-34-14-13-29(23-36(34)26-39)21-27(2)33-19-20-37(35(24-33)22-28-9-5-4-6-10-28)38(40)32-17-15-31(16-18-32)30-11-7-8-12-30/h4-6,9-10,13-14,19-20,23-24,30-32H,2-3,7-8,11-12,15-18,21-22,25-26H2,1H3. The van der Waals surface area contributed by atoms with Crippen LogP contribution >= 0.6 is 0 Å². The van der Waals surface area contributed by atoms with E-state index in [-0.39, 0.29) is 5.92 Å². The maximum atomic E-state index is 13.9. The van der Waals surface area contributed by atoms with E-state index in [0.29, 0.717) is 5.78 Å². The number of allylic oxidation sites excluding steroid dienone is 1. The first-order valence-corrected chi connectivity index (χ1v) is 15.8. The van der Waals surface area contributed by atoms with Crippen molar-refractivity contribution >= 4 is 11.4 Å². The van der Waals surface area contributed by atoms with Crippen LogP contribution in [0.3, 0.4) is 0 Å². The maximum absolute atomic E-state index is 13.9. The number of carbonyl (C=O) groups excluding carboxylic acids is 1. The lowest BCUT2D eigenvalue weighted by atomic mass is 9.73. The van der Waals surface area contributed by atoms with Crippen LogP contribution in [0.2, 0.25) is 0 Å². The van der Waals surface area contributed by atoms with Crippen LogP contribution < -0.4 is 0 Å². The summed E-state index contributed by atoms with van der Waals surface area (Å²) < 4.78 is 0. The third kappa shape index (κ3) is 6.03. The number of benzene rings is 3. The van der Waals surface area contributed by atoms with Crippen LogP contribution in [0.25, 0.3) is 5.57 Å². The van der Waals surface area contributed by atoms with Gasteiger partial charge in [0.25, 0.3) is 0 Å². The molecule has 0 amide bonds.